The van der Waals surface area contributed by atoms with Crippen molar-refractivity contribution in [3.8, 4) is 17.2 Å². The number of aliphatic imine (C=N–C) groups is 1. The van der Waals surface area contributed by atoms with Gasteiger partial charge in [0.2, 0.25) is 5.75 Å². The van der Waals surface area contributed by atoms with E-state index >= 15 is 0 Å². The molecule has 1 aliphatic rings. The number of hydrogen-bond donors (Lipinski definition) is 3. The number of rotatable bonds is 5. The van der Waals surface area contributed by atoms with Gasteiger partial charge in [-0.05, 0) is 49.3 Å². The Morgan fingerprint density at radius 3 is 2.20 bits per heavy atom. The molecule has 25 heavy (non-hydrogen) atoms. The normalized spacial score (nSPS) is 20.4. The Morgan fingerprint density at radius 1 is 1.16 bits per heavy atom. The van der Waals surface area contributed by atoms with E-state index in [0.29, 0.717) is 24.1 Å². The van der Waals surface area contributed by atoms with Crippen molar-refractivity contribution in [2.45, 2.75) is 45.2 Å². The van der Waals surface area contributed by atoms with Crippen LogP contribution in [-0.2, 0) is 6.54 Å². The molecule has 0 atom stereocenters. The molecule has 0 aliphatic heterocycles. The highest BCUT2D eigenvalue weighted by atomic mass is 127. The summed E-state index contributed by atoms with van der Waals surface area (Å²) in [5.74, 6) is 2.43. The number of benzene rings is 1. The minimum absolute atomic E-state index is 0. The SMILES string of the molecule is CN=C(NCc1cc(OC)c(O)c(OC)c1)NC1CCC(C)CC1.I. The molecule has 142 valence electrons. The van der Waals surface area contributed by atoms with Gasteiger partial charge in [-0.15, -0.1) is 24.0 Å². The van der Waals surface area contributed by atoms with Crippen LogP contribution in [0.1, 0.15) is 38.2 Å². The first kappa shape index (κ1) is 21.7. The standard InChI is InChI=1S/C18H29N3O3.HI/c1-12-5-7-14(8-6-12)21-18(19-2)20-11-13-9-15(23-3)17(22)16(10-13)24-4;/h9-10,12,14,22H,5-8,11H2,1-4H3,(H2,19,20,21);1H. The number of methoxy groups -OCH3 is 2. The fourth-order valence-corrected chi connectivity index (χ4v) is 3.03. The van der Waals surface area contributed by atoms with E-state index in [1.54, 1.807) is 19.2 Å². The van der Waals surface area contributed by atoms with Crippen LogP contribution in [0.5, 0.6) is 17.2 Å². The molecule has 1 aromatic rings. The largest absolute Gasteiger partial charge is 0.502 e. The molecule has 0 spiro atoms. The van der Waals surface area contributed by atoms with Gasteiger partial charge in [-0.25, -0.2) is 0 Å². The van der Waals surface area contributed by atoms with Gasteiger partial charge < -0.3 is 25.2 Å². The van der Waals surface area contributed by atoms with E-state index in [9.17, 15) is 5.11 Å². The molecule has 0 aromatic heterocycles. The van der Waals surface area contributed by atoms with E-state index in [-0.39, 0.29) is 29.7 Å². The summed E-state index contributed by atoms with van der Waals surface area (Å²) in [5.41, 5.74) is 0.946. The van der Waals surface area contributed by atoms with Gasteiger partial charge in [0.1, 0.15) is 0 Å². The second-order valence-corrected chi connectivity index (χ2v) is 6.38. The van der Waals surface area contributed by atoms with Crippen molar-refractivity contribution in [3.63, 3.8) is 0 Å². The Bertz CT molecular complexity index is 548. The molecule has 1 saturated carbocycles. The third-order valence-corrected chi connectivity index (χ3v) is 4.58. The van der Waals surface area contributed by atoms with Gasteiger partial charge in [-0.3, -0.25) is 4.99 Å². The lowest BCUT2D eigenvalue weighted by Crippen LogP contribution is -2.44. The minimum Gasteiger partial charge on any atom is -0.502 e. The first-order valence-corrected chi connectivity index (χ1v) is 8.48. The van der Waals surface area contributed by atoms with Gasteiger partial charge in [-0.2, -0.15) is 0 Å². The number of aromatic hydroxyl groups is 1. The summed E-state index contributed by atoms with van der Waals surface area (Å²) >= 11 is 0. The zero-order chi connectivity index (χ0) is 17.5. The Balaban J connectivity index is 0.00000312. The van der Waals surface area contributed by atoms with Crippen LogP contribution >= 0.6 is 24.0 Å². The molecule has 1 aromatic carbocycles. The number of hydrogen-bond acceptors (Lipinski definition) is 4. The van der Waals surface area contributed by atoms with Crippen LogP contribution in [0.2, 0.25) is 0 Å². The predicted octanol–water partition coefficient (Wildman–Crippen LogP) is 3.27. The maximum Gasteiger partial charge on any atom is 0.200 e. The molecule has 0 heterocycles. The molecule has 2 rings (SSSR count). The van der Waals surface area contributed by atoms with Crippen molar-refractivity contribution in [2.75, 3.05) is 21.3 Å². The lowest BCUT2D eigenvalue weighted by Gasteiger charge is -2.28. The van der Waals surface area contributed by atoms with Gasteiger partial charge in [0.15, 0.2) is 17.5 Å². The van der Waals surface area contributed by atoms with Crippen molar-refractivity contribution in [3.05, 3.63) is 17.7 Å². The van der Waals surface area contributed by atoms with E-state index < -0.39 is 0 Å². The van der Waals surface area contributed by atoms with Crippen LogP contribution in [0.15, 0.2) is 17.1 Å². The van der Waals surface area contributed by atoms with Crippen molar-refractivity contribution in [1.29, 1.82) is 0 Å². The van der Waals surface area contributed by atoms with E-state index in [0.717, 1.165) is 17.4 Å². The Morgan fingerprint density at radius 2 is 1.72 bits per heavy atom. The van der Waals surface area contributed by atoms with Gasteiger partial charge >= 0.3 is 0 Å². The Kier molecular flexibility index (Phi) is 9.16. The maximum atomic E-state index is 9.97. The molecule has 0 unspecified atom stereocenters. The molecule has 0 saturated heterocycles. The molecular formula is C18H30IN3O3. The molecule has 6 nitrogen and oxygen atoms in total. The fraction of sp³-hybridized carbons (Fsp3) is 0.611. The fourth-order valence-electron chi connectivity index (χ4n) is 3.03. The van der Waals surface area contributed by atoms with Crippen LogP contribution in [0.3, 0.4) is 0 Å². The van der Waals surface area contributed by atoms with E-state index in [1.165, 1.54) is 39.9 Å². The molecule has 0 radical (unpaired) electrons. The van der Waals surface area contributed by atoms with Crippen LogP contribution in [0, 0.1) is 5.92 Å². The van der Waals surface area contributed by atoms with Crippen molar-refractivity contribution >= 4 is 29.9 Å². The highest BCUT2D eigenvalue weighted by Gasteiger charge is 2.19. The topological polar surface area (TPSA) is 75.1 Å². The summed E-state index contributed by atoms with van der Waals surface area (Å²) in [7, 11) is 4.82. The zero-order valence-corrected chi connectivity index (χ0v) is 17.8. The summed E-state index contributed by atoms with van der Waals surface area (Å²) in [5, 5.41) is 16.8. The Labute approximate surface area is 167 Å². The maximum absolute atomic E-state index is 9.97. The highest BCUT2D eigenvalue weighted by Crippen LogP contribution is 2.37. The molecule has 3 N–H and O–H groups in total. The smallest absolute Gasteiger partial charge is 0.200 e. The van der Waals surface area contributed by atoms with Crippen LogP contribution in [0.4, 0.5) is 0 Å². The van der Waals surface area contributed by atoms with Crippen LogP contribution in [-0.4, -0.2) is 38.4 Å². The van der Waals surface area contributed by atoms with Crippen molar-refractivity contribution < 1.29 is 14.6 Å². The summed E-state index contributed by atoms with van der Waals surface area (Å²) in [6, 6.07) is 4.07. The molecule has 7 heteroatoms. The zero-order valence-electron chi connectivity index (χ0n) is 15.5. The number of guanidine groups is 1. The number of phenols is 1. The number of nitrogens with zero attached hydrogens (tertiary/aromatic N) is 1. The average Bonchev–Trinajstić information content (AvgIpc) is 2.61. The van der Waals surface area contributed by atoms with Crippen LogP contribution in [0.25, 0.3) is 0 Å². The van der Waals surface area contributed by atoms with E-state index in [1.807, 2.05) is 0 Å². The van der Waals surface area contributed by atoms with Crippen molar-refractivity contribution in [2.24, 2.45) is 10.9 Å². The number of nitrogens with one attached hydrogen (secondary N) is 2. The molecule has 1 fully saturated rings. The van der Waals surface area contributed by atoms with Gasteiger partial charge in [0.25, 0.3) is 0 Å². The first-order chi connectivity index (χ1) is 11.6. The monoisotopic (exact) mass is 463 g/mol. The van der Waals surface area contributed by atoms with E-state index in [4.69, 9.17) is 9.47 Å². The van der Waals surface area contributed by atoms with Gasteiger partial charge in [0, 0.05) is 19.6 Å². The minimum atomic E-state index is 0. The molecular weight excluding hydrogens is 433 g/mol. The predicted molar refractivity (Wildman–Crippen MR) is 111 cm³/mol. The number of halogens is 1. The first-order valence-electron chi connectivity index (χ1n) is 8.48. The number of phenolic OH excluding ortho intramolecular Hbond substituents is 1. The van der Waals surface area contributed by atoms with Crippen LogP contribution < -0.4 is 20.1 Å². The average molecular weight is 463 g/mol. The second-order valence-electron chi connectivity index (χ2n) is 6.38. The second kappa shape index (κ2) is 10.6. The van der Waals surface area contributed by atoms with Gasteiger partial charge in [-0.1, -0.05) is 6.92 Å². The third kappa shape index (κ3) is 6.13. The summed E-state index contributed by atoms with van der Waals surface area (Å²) in [6.07, 6.45) is 4.90. The summed E-state index contributed by atoms with van der Waals surface area (Å²) < 4.78 is 10.4. The summed E-state index contributed by atoms with van der Waals surface area (Å²) in [6.45, 7) is 2.88. The van der Waals surface area contributed by atoms with E-state index in [2.05, 4.69) is 22.5 Å². The molecule has 1 aliphatic carbocycles. The number of ether oxygens (including phenoxy) is 2. The lowest BCUT2D eigenvalue weighted by atomic mass is 9.87. The molecule has 0 amide bonds. The highest BCUT2D eigenvalue weighted by molar-refractivity contribution is 14.0. The van der Waals surface area contributed by atoms with Crippen molar-refractivity contribution in [1.82, 2.24) is 10.6 Å². The molecule has 0 bridgehead atoms. The Hall–Kier alpha value is -1.38. The van der Waals surface area contributed by atoms with Gasteiger partial charge in [0.05, 0.1) is 14.2 Å². The lowest BCUT2D eigenvalue weighted by molar-refractivity contribution is 0.329. The summed E-state index contributed by atoms with van der Waals surface area (Å²) in [4.78, 5) is 4.30. The quantitative estimate of drug-likeness (QED) is 0.355. The third-order valence-electron chi connectivity index (χ3n) is 4.58.